The van der Waals surface area contributed by atoms with Crippen molar-refractivity contribution in [2.45, 2.75) is 6.54 Å². The van der Waals surface area contributed by atoms with Crippen LogP contribution in [-0.4, -0.2) is 7.11 Å². The van der Waals surface area contributed by atoms with Gasteiger partial charge in [-0.15, -0.1) is 0 Å². The van der Waals surface area contributed by atoms with E-state index in [1.165, 1.54) is 12.1 Å². The molecule has 2 N–H and O–H groups in total. The molecule has 0 heterocycles. The van der Waals surface area contributed by atoms with Gasteiger partial charge >= 0.3 is 0 Å². The predicted molar refractivity (Wildman–Crippen MR) is 71.3 cm³/mol. The van der Waals surface area contributed by atoms with Crippen LogP contribution in [0, 0.1) is 5.82 Å². The molecule has 0 unspecified atom stereocenters. The van der Waals surface area contributed by atoms with Gasteiger partial charge < -0.3 is 10.5 Å². The van der Waals surface area contributed by atoms with E-state index in [0.29, 0.717) is 22.9 Å². The molecule has 0 bridgehead atoms. The Labute approximate surface area is 110 Å². The molecule has 18 heavy (non-hydrogen) atoms. The Morgan fingerprint density at radius 3 is 2.61 bits per heavy atom. The number of ether oxygens (including phenoxy) is 1. The third-order valence-corrected chi connectivity index (χ3v) is 2.98. The lowest BCUT2D eigenvalue weighted by atomic mass is 9.98. The van der Waals surface area contributed by atoms with E-state index in [4.69, 9.17) is 22.1 Å². The maximum Gasteiger partial charge on any atom is 0.126 e. The maximum atomic E-state index is 13.4. The highest BCUT2D eigenvalue weighted by Gasteiger charge is 2.11. The van der Waals surface area contributed by atoms with Crippen molar-refractivity contribution in [3.05, 3.63) is 52.8 Å². The summed E-state index contributed by atoms with van der Waals surface area (Å²) in [6.45, 7) is 0.325. The Bertz CT molecular complexity index is 520. The number of rotatable bonds is 3. The van der Waals surface area contributed by atoms with E-state index in [9.17, 15) is 4.39 Å². The van der Waals surface area contributed by atoms with E-state index in [2.05, 4.69) is 0 Å². The van der Waals surface area contributed by atoms with E-state index in [1.54, 1.807) is 31.4 Å². The van der Waals surface area contributed by atoms with Gasteiger partial charge in [0.05, 0.1) is 7.11 Å². The minimum atomic E-state index is -0.316. The van der Waals surface area contributed by atoms with Crippen LogP contribution >= 0.6 is 11.6 Å². The largest absolute Gasteiger partial charge is 0.496 e. The van der Waals surface area contributed by atoms with Crippen LogP contribution in [0.25, 0.3) is 11.1 Å². The van der Waals surface area contributed by atoms with Crippen molar-refractivity contribution in [2.24, 2.45) is 5.73 Å². The monoisotopic (exact) mass is 265 g/mol. The molecule has 0 aliphatic heterocycles. The van der Waals surface area contributed by atoms with Crippen LogP contribution in [0.3, 0.4) is 0 Å². The highest BCUT2D eigenvalue weighted by atomic mass is 35.5. The molecule has 0 spiro atoms. The van der Waals surface area contributed by atoms with Crippen LogP contribution in [-0.2, 0) is 6.54 Å². The molecule has 0 amide bonds. The zero-order valence-corrected chi connectivity index (χ0v) is 10.7. The fourth-order valence-electron chi connectivity index (χ4n) is 1.87. The van der Waals surface area contributed by atoms with Crippen LogP contribution < -0.4 is 10.5 Å². The normalized spacial score (nSPS) is 10.4. The van der Waals surface area contributed by atoms with Gasteiger partial charge in [0, 0.05) is 17.1 Å². The molecule has 2 aromatic carbocycles. The number of hydrogen-bond acceptors (Lipinski definition) is 2. The molecular formula is C14H13ClFNO. The molecule has 0 aromatic heterocycles. The second kappa shape index (κ2) is 5.38. The second-order valence-corrected chi connectivity index (χ2v) is 4.29. The van der Waals surface area contributed by atoms with Crippen LogP contribution in [0.5, 0.6) is 5.75 Å². The van der Waals surface area contributed by atoms with E-state index in [-0.39, 0.29) is 5.82 Å². The Morgan fingerprint density at radius 1 is 1.17 bits per heavy atom. The number of nitrogens with two attached hydrogens (primary N) is 1. The Balaban J connectivity index is 2.67. The SMILES string of the molecule is COc1ccc(Cl)cc1-c1cc(F)ccc1CN. The summed E-state index contributed by atoms with van der Waals surface area (Å²) in [5.74, 6) is 0.323. The Hall–Kier alpha value is -1.58. The highest BCUT2D eigenvalue weighted by molar-refractivity contribution is 6.31. The first kappa shape index (κ1) is 12.9. The first-order valence-corrected chi connectivity index (χ1v) is 5.86. The summed E-state index contributed by atoms with van der Waals surface area (Å²) in [6, 6.07) is 9.73. The minimum Gasteiger partial charge on any atom is -0.496 e. The van der Waals surface area contributed by atoms with E-state index >= 15 is 0 Å². The first-order chi connectivity index (χ1) is 8.65. The minimum absolute atomic E-state index is 0.316. The molecule has 4 heteroatoms. The molecule has 2 aromatic rings. The fourth-order valence-corrected chi connectivity index (χ4v) is 2.04. The van der Waals surface area contributed by atoms with Crippen LogP contribution in [0.15, 0.2) is 36.4 Å². The molecule has 0 radical (unpaired) electrons. The molecule has 2 nitrogen and oxygen atoms in total. The average Bonchev–Trinajstić information content (AvgIpc) is 2.38. The van der Waals surface area contributed by atoms with Crippen LogP contribution in [0.1, 0.15) is 5.56 Å². The summed E-state index contributed by atoms with van der Waals surface area (Å²) in [6.07, 6.45) is 0. The molecule has 0 fully saturated rings. The van der Waals surface area contributed by atoms with Crippen molar-refractivity contribution in [3.8, 4) is 16.9 Å². The van der Waals surface area contributed by atoms with Gasteiger partial charge in [-0.3, -0.25) is 0 Å². The van der Waals surface area contributed by atoms with E-state index < -0.39 is 0 Å². The number of hydrogen-bond donors (Lipinski definition) is 1. The van der Waals surface area contributed by atoms with Gasteiger partial charge in [0.25, 0.3) is 0 Å². The maximum absolute atomic E-state index is 13.4. The quantitative estimate of drug-likeness (QED) is 0.920. The van der Waals surface area contributed by atoms with Crippen molar-refractivity contribution in [3.63, 3.8) is 0 Å². The van der Waals surface area contributed by atoms with Crippen molar-refractivity contribution in [1.29, 1.82) is 0 Å². The van der Waals surface area contributed by atoms with E-state index in [1.807, 2.05) is 0 Å². The molecule has 0 atom stereocenters. The predicted octanol–water partition coefficient (Wildman–Crippen LogP) is 3.61. The van der Waals surface area contributed by atoms with Crippen molar-refractivity contribution >= 4 is 11.6 Å². The van der Waals surface area contributed by atoms with Gasteiger partial charge in [-0.1, -0.05) is 17.7 Å². The summed E-state index contributed by atoms with van der Waals surface area (Å²) in [4.78, 5) is 0. The average molecular weight is 266 g/mol. The Kier molecular flexibility index (Phi) is 3.84. The topological polar surface area (TPSA) is 35.2 Å². The van der Waals surface area contributed by atoms with Gasteiger partial charge in [-0.2, -0.15) is 0 Å². The van der Waals surface area contributed by atoms with E-state index in [0.717, 1.165) is 11.1 Å². The lowest BCUT2D eigenvalue weighted by Crippen LogP contribution is -2.00. The van der Waals surface area contributed by atoms with Crippen LogP contribution in [0.2, 0.25) is 5.02 Å². The molecule has 94 valence electrons. The number of halogens is 2. The highest BCUT2D eigenvalue weighted by Crippen LogP contribution is 2.34. The number of methoxy groups -OCH3 is 1. The van der Waals surface area contributed by atoms with Crippen molar-refractivity contribution in [1.82, 2.24) is 0 Å². The molecule has 2 rings (SSSR count). The molecule has 0 saturated carbocycles. The summed E-state index contributed by atoms with van der Waals surface area (Å²) in [5, 5.41) is 0.568. The molecule has 0 aliphatic carbocycles. The summed E-state index contributed by atoms with van der Waals surface area (Å²) >= 11 is 5.98. The van der Waals surface area contributed by atoms with Gasteiger partial charge in [0.2, 0.25) is 0 Å². The molecule has 0 saturated heterocycles. The number of benzene rings is 2. The standard InChI is InChI=1S/C14H13ClFNO/c1-18-14-5-3-10(15)6-13(14)12-7-11(16)4-2-9(12)8-17/h2-7H,8,17H2,1H3. The van der Waals surface area contributed by atoms with Crippen molar-refractivity contribution in [2.75, 3.05) is 7.11 Å². The van der Waals surface area contributed by atoms with Gasteiger partial charge in [0.15, 0.2) is 0 Å². The summed E-state index contributed by atoms with van der Waals surface area (Å²) in [5.41, 5.74) is 7.96. The van der Waals surface area contributed by atoms with Crippen molar-refractivity contribution < 1.29 is 9.13 Å². The van der Waals surface area contributed by atoms with Gasteiger partial charge in [-0.25, -0.2) is 4.39 Å². The lowest BCUT2D eigenvalue weighted by Gasteiger charge is -2.12. The van der Waals surface area contributed by atoms with Crippen LogP contribution in [0.4, 0.5) is 4.39 Å². The third-order valence-electron chi connectivity index (χ3n) is 2.74. The summed E-state index contributed by atoms with van der Waals surface area (Å²) in [7, 11) is 1.56. The zero-order valence-electron chi connectivity index (χ0n) is 9.91. The smallest absolute Gasteiger partial charge is 0.126 e. The summed E-state index contributed by atoms with van der Waals surface area (Å²) < 4.78 is 18.7. The lowest BCUT2D eigenvalue weighted by molar-refractivity contribution is 0.416. The molecule has 0 aliphatic rings. The second-order valence-electron chi connectivity index (χ2n) is 3.85. The zero-order chi connectivity index (χ0) is 13.1. The molecular weight excluding hydrogens is 253 g/mol. The fraction of sp³-hybridized carbons (Fsp3) is 0.143. The van der Waals surface area contributed by atoms with Gasteiger partial charge in [0.1, 0.15) is 11.6 Å². The first-order valence-electron chi connectivity index (χ1n) is 5.48. The Morgan fingerprint density at radius 2 is 1.94 bits per heavy atom. The van der Waals surface area contributed by atoms with Gasteiger partial charge in [-0.05, 0) is 41.5 Å². The third kappa shape index (κ3) is 2.47.